The molecule has 1 aliphatic heterocycles. The summed E-state index contributed by atoms with van der Waals surface area (Å²) in [4.78, 5) is 28.8. The summed E-state index contributed by atoms with van der Waals surface area (Å²) in [6.45, 7) is 5.96. The van der Waals surface area contributed by atoms with E-state index in [1.54, 1.807) is 13.8 Å². The van der Waals surface area contributed by atoms with Crippen LogP contribution in [0, 0.1) is 6.92 Å². The van der Waals surface area contributed by atoms with Gasteiger partial charge >= 0.3 is 12.2 Å². The number of aromatic nitrogens is 1. The molecular weight excluding hydrogens is 659 g/mol. The first-order valence-corrected chi connectivity index (χ1v) is 14.2. The van der Waals surface area contributed by atoms with Crippen molar-refractivity contribution in [1.29, 1.82) is 0 Å². The van der Waals surface area contributed by atoms with Crippen LogP contribution in [0.5, 0.6) is 0 Å². The molecule has 0 radical (unpaired) electrons. The predicted octanol–water partition coefficient (Wildman–Crippen LogP) is 8.63. The van der Waals surface area contributed by atoms with Crippen LogP contribution < -0.4 is 4.90 Å². The Morgan fingerprint density at radius 3 is 2.24 bits per heavy atom. The zero-order valence-corrected chi connectivity index (χ0v) is 24.9. The molecule has 0 aliphatic carbocycles. The molecule has 1 aliphatic rings. The third kappa shape index (κ3) is 4.53. The SMILES string of the molecule is CCOC(=O)N1C(c2ccccc2)=C(I)C(c2ccc(Br)cc2)c2c1n(C(=O)OCC)c1ccc(C)cc21. The Balaban J connectivity index is 1.95. The van der Waals surface area contributed by atoms with Gasteiger partial charge in [0.2, 0.25) is 0 Å². The highest BCUT2D eigenvalue weighted by molar-refractivity contribution is 14.1. The van der Waals surface area contributed by atoms with Crippen molar-refractivity contribution < 1.29 is 19.1 Å². The van der Waals surface area contributed by atoms with E-state index in [4.69, 9.17) is 9.47 Å². The summed E-state index contributed by atoms with van der Waals surface area (Å²) in [6, 6.07) is 23.8. The Bertz CT molecular complexity index is 1560. The highest BCUT2D eigenvalue weighted by Crippen LogP contribution is 2.54. The molecule has 0 saturated carbocycles. The van der Waals surface area contributed by atoms with Crippen LogP contribution in [0.4, 0.5) is 15.4 Å². The first kappa shape index (κ1) is 26.5. The minimum Gasteiger partial charge on any atom is -0.449 e. The molecule has 0 spiro atoms. The van der Waals surface area contributed by atoms with Gasteiger partial charge in [-0.1, -0.05) is 70.0 Å². The molecule has 4 aromatic rings. The fourth-order valence-corrected chi connectivity index (χ4v) is 6.45. The van der Waals surface area contributed by atoms with E-state index in [0.717, 1.165) is 35.7 Å². The standard InChI is InChI=1S/C30H26BrIN2O4/c1-4-37-29(35)33-23-16-11-18(3)17-22(23)25-24(19-12-14-21(31)15-13-19)26(32)27(20-9-7-6-8-10-20)34(28(25)33)30(36)38-5-2/h6-17,24H,4-5H2,1-3H3. The van der Waals surface area contributed by atoms with Crippen LogP contribution in [0.1, 0.15) is 42.0 Å². The Morgan fingerprint density at radius 1 is 0.921 bits per heavy atom. The average molecular weight is 685 g/mol. The number of amides is 1. The fraction of sp³-hybridized carbons (Fsp3) is 0.200. The van der Waals surface area contributed by atoms with Crippen molar-refractivity contribution in [2.75, 3.05) is 18.1 Å². The van der Waals surface area contributed by atoms with Gasteiger partial charge in [0.1, 0.15) is 5.82 Å². The number of benzene rings is 3. The molecule has 6 nitrogen and oxygen atoms in total. The summed E-state index contributed by atoms with van der Waals surface area (Å²) in [5.74, 6) is 0.203. The largest absolute Gasteiger partial charge is 0.449 e. The number of anilines is 1. The van der Waals surface area contributed by atoms with Crippen LogP contribution >= 0.6 is 38.5 Å². The molecule has 0 fully saturated rings. The Kier molecular flexibility index (Phi) is 7.63. The molecule has 0 N–H and O–H groups in total. The molecule has 1 aromatic heterocycles. The lowest BCUT2D eigenvalue weighted by Gasteiger charge is -2.35. The van der Waals surface area contributed by atoms with Crippen molar-refractivity contribution in [3.05, 3.63) is 103 Å². The predicted molar refractivity (Wildman–Crippen MR) is 162 cm³/mol. The molecule has 2 heterocycles. The second-order valence-corrected chi connectivity index (χ2v) is 11.0. The molecule has 1 unspecified atom stereocenters. The van der Waals surface area contributed by atoms with Gasteiger partial charge in [-0.3, -0.25) is 0 Å². The number of rotatable bonds is 4. The number of ether oxygens (including phenoxy) is 2. The third-order valence-corrected chi connectivity index (χ3v) is 8.15. The zero-order chi connectivity index (χ0) is 27.0. The Labute approximate surface area is 243 Å². The van der Waals surface area contributed by atoms with Crippen LogP contribution in [0.3, 0.4) is 0 Å². The van der Waals surface area contributed by atoms with Crippen LogP contribution in [0.25, 0.3) is 16.6 Å². The maximum atomic E-state index is 13.7. The maximum absolute atomic E-state index is 13.7. The molecule has 0 bridgehead atoms. The van der Waals surface area contributed by atoms with E-state index in [1.165, 1.54) is 9.47 Å². The molecule has 3 aromatic carbocycles. The fourth-order valence-electron chi connectivity index (χ4n) is 4.97. The number of carbonyl (C=O) groups is 2. The van der Waals surface area contributed by atoms with Crippen LogP contribution in [0.15, 0.2) is 80.8 Å². The van der Waals surface area contributed by atoms with Crippen molar-refractivity contribution in [2.45, 2.75) is 26.7 Å². The third-order valence-electron chi connectivity index (χ3n) is 6.49. The first-order valence-electron chi connectivity index (χ1n) is 12.4. The van der Waals surface area contributed by atoms with Gasteiger partial charge in [-0.15, -0.1) is 0 Å². The van der Waals surface area contributed by atoms with Crippen molar-refractivity contribution in [2.24, 2.45) is 0 Å². The van der Waals surface area contributed by atoms with Crippen LogP contribution in [0.2, 0.25) is 0 Å². The number of fused-ring (bicyclic) bond motifs is 3. The second kappa shape index (κ2) is 10.9. The molecular formula is C30H26BrIN2O4. The second-order valence-electron chi connectivity index (χ2n) is 8.87. The van der Waals surface area contributed by atoms with Crippen LogP contribution in [-0.4, -0.2) is 30.0 Å². The number of hydrogen-bond donors (Lipinski definition) is 0. The van der Waals surface area contributed by atoms with Crippen molar-refractivity contribution in [1.82, 2.24) is 4.57 Å². The zero-order valence-electron chi connectivity index (χ0n) is 21.2. The van der Waals surface area contributed by atoms with E-state index in [2.05, 4.69) is 56.7 Å². The Morgan fingerprint density at radius 2 is 1.58 bits per heavy atom. The number of carbonyl (C=O) groups excluding carboxylic acids is 2. The molecule has 194 valence electrons. The van der Waals surface area contributed by atoms with Gasteiger partial charge in [0.05, 0.1) is 24.4 Å². The summed E-state index contributed by atoms with van der Waals surface area (Å²) in [6.07, 6.45) is -1.10. The van der Waals surface area contributed by atoms with E-state index in [9.17, 15) is 9.59 Å². The molecule has 1 amide bonds. The lowest BCUT2D eigenvalue weighted by molar-refractivity contribution is 0.154. The molecule has 8 heteroatoms. The highest BCUT2D eigenvalue weighted by Gasteiger charge is 2.42. The number of halogens is 2. The quantitative estimate of drug-likeness (QED) is 0.202. The first-order chi connectivity index (χ1) is 18.4. The minimum atomic E-state index is -0.555. The monoisotopic (exact) mass is 684 g/mol. The van der Waals surface area contributed by atoms with Crippen molar-refractivity contribution in [3.63, 3.8) is 0 Å². The molecule has 1 atom stereocenters. The smallest absolute Gasteiger partial charge is 0.420 e. The molecule has 5 rings (SSSR count). The highest BCUT2D eigenvalue weighted by atomic mass is 127. The van der Waals surface area contributed by atoms with Crippen LogP contribution in [-0.2, 0) is 9.47 Å². The van der Waals surface area contributed by atoms with Gasteiger partial charge in [0.25, 0.3) is 0 Å². The maximum Gasteiger partial charge on any atom is 0.420 e. The summed E-state index contributed by atoms with van der Waals surface area (Å²) in [5, 5.41) is 0.886. The summed E-state index contributed by atoms with van der Waals surface area (Å²) in [7, 11) is 0. The van der Waals surface area contributed by atoms with E-state index in [1.807, 2.05) is 61.5 Å². The lowest BCUT2D eigenvalue weighted by Crippen LogP contribution is -2.37. The van der Waals surface area contributed by atoms with Gasteiger partial charge in [-0.25, -0.2) is 19.1 Å². The lowest BCUT2D eigenvalue weighted by atomic mass is 9.85. The topological polar surface area (TPSA) is 60.8 Å². The van der Waals surface area contributed by atoms with E-state index in [0.29, 0.717) is 17.0 Å². The normalized spacial score (nSPS) is 15.0. The summed E-state index contributed by atoms with van der Waals surface area (Å²) < 4.78 is 14.5. The van der Waals surface area contributed by atoms with Gasteiger partial charge in [0, 0.05) is 24.9 Å². The van der Waals surface area contributed by atoms with E-state index in [-0.39, 0.29) is 19.1 Å². The van der Waals surface area contributed by atoms with Gasteiger partial charge in [0.15, 0.2) is 0 Å². The summed E-state index contributed by atoms with van der Waals surface area (Å²) in [5.41, 5.74) is 5.14. The van der Waals surface area contributed by atoms with Crippen molar-refractivity contribution >= 4 is 73.1 Å². The molecule has 0 saturated heterocycles. The number of nitrogens with zero attached hydrogens (tertiary/aromatic N) is 2. The number of hydrogen-bond acceptors (Lipinski definition) is 4. The number of aryl methyl sites for hydroxylation is 1. The van der Waals surface area contributed by atoms with E-state index >= 15 is 0 Å². The summed E-state index contributed by atoms with van der Waals surface area (Å²) >= 11 is 5.90. The molecule has 38 heavy (non-hydrogen) atoms. The van der Waals surface area contributed by atoms with Gasteiger partial charge in [-0.2, -0.15) is 0 Å². The average Bonchev–Trinajstić information content (AvgIpc) is 3.23. The van der Waals surface area contributed by atoms with Gasteiger partial charge in [-0.05, 0) is 78.8 Å². The number of allylic oxidation sites excluding steroid dienone is 1. The van der Waals surface area contributed by atoms with Gasteiger partial charge < -0.3 is 9.47 Å². The Hall–Kier alpha value is -3.11. The van der Waals surface area contributed by atoms with Crippen molar-refractivity contribution in [3.8, 4) is 0 Å². The van der Waals surface area contributed by atoms with E-state index < -0.39 is 12.2 Å². The minimum absolute atomic E-state index is 0.193.